The number of aromatic hydroxyl groups is 1. The van der Waals surface area contributed by atoms with E-state index in [1.54, 1.807) is 12.1 Å². The van der Waals surface area contributed by atoms with Gasteiger partial charge >= 0.3 is 13.6 Å². The lowest BCUT2D eigenvalue weighted by Crippen LogP contribution is -2.42. The van der Waals surface area contributed by atoms with Crippen LogP contribution in [0, 0.1) is 0 Å². The highest BCUT2D eigenvalue weighted by Gasteiger charge is 2.26. The lowest BCUT2D eigenvalue weighted by Gasteiger charge is -2.18. The third-order valence-electron chi connectivity index (χ3n) is 5.77. The van der Waals surface area contributed by atoms with Gasteiger partial charge in [0.15, 0.2) is 9.84 Å². The van der Waals surface area contributed by atoms with Gasteiger partial charge in [-0.05, 0) is 47.5 Å². The van der Waals surface area contributed by atoms with E-state index < -0.39 is 35.4 Å². The van der Waals surface area contributed by atoms with Gasteiger partial charge in [0.25, 0.3) is 5.91 Å². The summed E-state index contributed by atoms with van der Waals surface area (Å²) in [7, 11) is -8.29. The second kappa shape index (κ2) is 13.7. The lowest BCUT2D eigenvalue weighted by molar-refractivity contribution is -0.139. The molecule has 0 aromatic heterocycles. The van der Waals surface area contributed by atoms with Crippen LogP contribution < -0.4 is 5.32 Å². The van der Waals surface area contributed by atoms with Crippen molar-refractivity contribution in [1.29, 1.82) is 0 Å². The van der Waals surface area contributed by atoms with Crippen molar-refractivity contribution in [2.24, 2.45) is 0 Å². The van der Waals surface area contributed by atoms with Crippen molar-refractivity contribution in [2.75, 3.05) is 12.9 Å². The quantitative estimate of drug-likeness (QED) is 0.139. The predicted molar refractivity (Wildman–Crippen MR) is 156 cm³/mol. The lowest BCUT2D eigenvalue weighted by atomic mass is 10.0. The number of halogens is 2. The number of sulfone groups is 1. The van der Waals surface area contributed by atoms with Gasteiger partial charge in [0, 0.05) is 24.7 Å². The monoisotopic (exact) mass is 657 g/mol. The van der Waals surface area contributed by atoms with E-state index in [4.69, 9.17) is 27.9 Å². The molecule has 0 aliphatic heterocycles. The summed E-state index contributed by atoms with van der Waals surface area (Å²) in [5, 5.41) is 21.1. The van der Waals surface area contributed by atoms with E-state index in [0.717, 1.165) is 6.26 Å². The standard InChI is InChI=1S/C27H26Cl2NO10PS/c1-42(38,39)20-7-3-5-17(11-20)12-23(27(33)34)30-26(32)25-21(28)13-18(14-22(25)29)24(15-41(35,36)37)40-9-8-16-4-2-6-19(31)10-16/h2-7,10-11,13-15,23,31H,8-9,12H2,1H3,(H,30,32)(H,33,34)(H2,35,36,37)/b24-15+/t23-/m0/s1. The molecule has 0 saturated carbocycles. The number of phenols is 1. The molecular weight excluding hydrogens is 632 g/mol. The summed E-state index contributed by atoms with van der Waals surface area (Å²) in [5.74, 6) is -2.01. The molecule has 3 aromatic carbocycles. The number of aliphatic carboxylic acids is 1. The fourth-order valence-electron chi connectivity index (χ4n) is 3.84. The molecule has 0 bridgehead atoms. The normalized spacial score (nSPS) is 12.9. The van der Waals surface area contributed by atoms with Crippen LogP contribution >= 0.6 is 30.8 Å². The SMILES string of the molecule is CS(=O)(=O)c1cccc(C[C@H](NC(=O)c2c(Cl)cc(/C(=C\P(=O)(O)O)OCCc3cccc(O)c3)cc2Cl)C(=O)O)c1. The van der Waals surface area contributed by atoms with E-state index in [1.165, 1.54) is 48.5 Å². The summed E-state index contributed by atoms with van der Waals surface area (Å²) in [6.07, 6.45) is 1.04. The fraction of sp³-hybridized carbons (Fsp3) is 0.185. The third kappa shape index (κ3) is 9.59. The van der Waals surface area contributed by atoms with Gasteiger partial charge < -0.3 is 30.1 Å². The number of carboxylic acid groups (broad SMARTS) is 1. The van der Waals surface area contributed by atoms with E-state index >= 15 is 0 Å². The first-order chi connectivity index (χ1) is 19.5. The van der Waals surface area contributed by atoms with Gasteiger partial charge in [0.05, 0.1) is 32.9 Å². The number of amides is 1. The van der Waals surface area contributed by atoms with E-state index in [2.05, 4.69) is 5.32 Å². The second-order valence-electron chi connectivity index (χ2n) is 9.15. The van der Waals surface area contributed by atoms with Gasteiger partial charge in [0.1, 0.15) is 17.6 Å². The van der Waals surface area contributed by atoms with E-state index in [-0.39, 0.29) is 57.0 Å². The number of phenolic OH excluding ortho intramolecular Hbond substituents is 1. The van der Waals surface area contributed by atoms with Crippen LogP contribution in [0.15, 0.2) is 71.4 Å². The molecule has 1 amide bonds. The summed E-state index contributed by atoms with van der Waals surface area (Å²) < 4.78 is 41.0. The number of benzene rings is 3. The highest BCUT2D eigenvalue weighted by molar-refractivity contribution is 7.90. The van der Waals surface area contributed by atoms with Crippen molar-refractivity contribution in [3.05, 3.63) is 98.8 Å². The van der Waals surface area contributed by atoms with Crippen LogP contribution in [0.4, 0.5) is 0 Å². The molecule has 0 unspecified atom stereocenters. The Morgan fingerprint density at radius 1 is 1.02 bits per heavy atom. The van der Waals surface area contributed by atoms with Gasteiger partial charge in [-0.15, -0.1) is 0 Å². The number of carbonyl (C=O) groups excluding carboxylic acids is 1. The summed E-state index contributed by atoms with van der Waals surface area (Å²) in [5.41, 5.74) is 0.777. The fourth-order valence-corrected chi connectivity index (χ4v) is 5.72. The Morgan fingerprint density at radius 3 is 2.21 bits per heavy atom. The molecule has 0 aliphatic rings. The highest BCUT2D eigenvalue weighted by Crippen LogP contribution is 2.41. The smallest absolute Gasteiger partial charge is 0.352 e. The molecule has 0 saturated heterocycles. The maximum absolute atomic E-state index is 13.1. The molecular formula is C27H26Cl2NO10PS. The first kappa shape index (κ1) is 33.1. The minimum atomic E-state index is -4.74. The van der Waals surface area contributed by atoms with Gasteiger partial charge in [-0.25, -0.2) is 13.2 Å². The zero-order chi connectivity index (χ0) is 31.2. The molecule has 0 radical (unpaired) electrons. The first-order valence-corrected chi connectivity index (χ1v) is 16.4. The molecule has 0 heterocycles. The summed E-state index contributed by atoms with van der Waals surface area (Å²) in [4.78, 5) is 44.0. The van der Waals surface area contributed by atoms with E-state index in [9.17, 15) is 42.6 Å². The number of carbonyl (C=O) groups is 2. The Bertz CT molecular complexity index is 1660. The van der Waals surface area contributed by atoms with Crippen molar-refractivity contribution in [3.63, 3.8) is 0 Å². The molecule has 224 valence electrons. The van der Waals surface area contributed by atoms with E-state index in [1.807, 2.05) is 0 Å². The molecule has 1 atom stereocenters. The first-order valence-electron chi connectivity index (χ1n) is 12.0. The Kier molecular flexibility index (Phi) is 10.8. The topological polar surface area (TPSA) is 188 Å². The molecule has 11 nitrogen and oxygen atoms in total. The van der Waals surface area contributed by atoms with Gasteiger partial charge in [0.2, 0.25) is 0 Å². The number of carboxylic acids is 1. The molecule has 15 heteroatoms. The number of hydrogen-bond donors (Lipinski definition) is 5. The molecule has 0 fully saturated rings. The summed E-state index contributed by atoms with van der Waals surface area (Å²) in [6.45, 7) is -0.0480. The van der Waals surface area contributed by atoms with Crippen molar-refractivity contribution in [1.82, 2.24) is 5.32 Å². The number of nitrogens with one attached hydrogen (secondary N) is 1. The summed E-state index contributed by atoms with van der Waals surface area (Å²) >= 11 is 12.6. The van der Waals surface area contributed by atoms with Crippen LogP contribution in [0.2, 0.25) is 10.0 Å². The highest BCUT2D eigenvalue weighted by atomic mass is 35.5. The average molecular weight is 658 g/mol. The Labute approximate surface area is 251 Å². The molecule has 3 rings (SSSR count). The van der Waals surface area contributed by atoms with Crippen LogP contribution in [0.3, 0.4) is 0 Å². The second-order valence-corrected chi connectivity index (χ2v) is 13.4. The van der Waals surface area contributed by atoms with Crippen LogP contribution in [0.5, 0.6) is 5.75 Å². The largest absolute Gasteiger partial charge is 0.508 e. The summed E-state index contributed by atoms with van der Waals surface area (Å²) in [6, 6.07) is 12.9. The Hall–Kier alpha value is -3.38. The maximum atomic E-state index is 13.1. The number of rotatable bonds is 12. The predicted octanol–water partition coefficient (Wildman–Crippen LogP) is 4.26. The van der Waals surface area contributed by atoms with Crippen molar-refractivity contribution >= 4 is 58.3 Å². The third-order valence-corrected chi connectivity index (χ3v) is 8.05. The molecule has 42 heavy (non-hydrogen) atoms. The minimum Gasteiger partial charge on any atom is -0.508 e. The molecule has 3 aromatic rings. The van der Waals surface area contributed by atoms with Crippen molar-refractivity contribution in [3.8, 4) is 5.75 Å². The van der Waals surface area contributed by atoms with E-state index in [0.29, 0.717) is 16.9 Å². The van der Waals surface area contributed by atoms with Crippen molar-refractivity contribution in [2.45, 2.75) is 23.8 Å². The zero-order valence-electron chi connectivity index (χ0n) is 21.9. The van der Waals surface area contributed by atoms with Gasteiger partial charge in [-0.1, -0.05) is 47.5 Å². The number of hydrogen-bond acceptors (Lipinski definition) is 7. The molecule has 5 N–H and O–H groups in total. The Balaban J connectivity index is 1.84. The van der Waals surface area contributed by atoms with Crippen LogP contribution in [-0.4, -0.2) is 59.2 Å². The van der Waals surface area contributed by atoms with Gasteiger partial charge in [-0.3, -0.25) is 9.36 Å². The average Bonchev–Trinajstić information content (AvgIpc) is 2.86. The zero-order valence-corrected chi connectivity index (χ0v) is 25.1. The van der Waals surface area contributed by atoms with Gasteiger partial charge in [-0.2, -0.15) is 0 Å². The van der Waals surface area contributed by atoms with Crippen LogP contribution in [0.1, 0.15) is 27.0 Å². The molecule has 0 aliphatic carbocycles. The van der Waals surface area contributed by atoms with Crippen LogP contribution in [-0.2, 0) is 36.8 Å². The Morgan fingerprint density at radius 2 is 1.64 bits per heavy atom. The maximum Gasteiger partial charge on any atom is 0.352 e. The molecule has 0 spiro atoms. The minimum absolute atomic E-state index is 0.0135. The number of ether oxygens (including phenoxy) is 1. The van der Waals surface area contributed by atoms with Crippen LogP contribution in [0.25, 0.3) is 5.76 Å². The van der Waals surface area contributed by atoms with Crippen molar-refractivity contribution < 1.29 is 47.3 Å².